The average molecular weight is 496 g/mol. The van der Waals surface area contributed by atoms with Gasteiger partial charge < -0.3 is 15.5 Å². The number of hydrogen-bond acceptors (Lipinski definition) is 6. The Hall–Kier alpha value is -3.07. The molecule has 4 aromatic rings. The topological polar surface area (TPSA) is 94.8 Å². The van der Waals surface area contributed by atoms with Crippen molar-refractivity contribution in [3.05, 3.63) is 76.8 Å². The number of carbonyl (C=O) groups is 1. The summed E-state index contributed by atoms with van der Waals surface area (Å²) in [6.07, 6.45) is 1.46. The summed E-state index contributed by atoms with van der Waals surface area (Å²) in [7, 11) is 0. The van der Waals surface area contributed by atoms with Gasteiger partial charge in [-0.1, -0.05) is 48.5 Å². The standard InChI is InChI=1S/C23H18BrN3O3S/c24-21-16(15-5-2-1-3-6-15)7-4-8-18(21)26-22-17-11-14(9-10-20(17)31-27-22)12-25-19(13-28)23(29)30/h1-12,19,28H,13H2,(H,26,27)(H,29,30)/t19-/m0/s1. The van der Waals surface area contributed by atoms with Gasteiger partial charge in [-0.15, -0.1) is 0 Å². The van der Waals surface area contributed by atoms with Crippen LogP contribution in [0.5, 0.6) is 0 Å². The number of aliphatic carboxylic acids is 1. The Morgan fingerprint density at radius 3 is 2.71 bits per heavy atom. The quantitative estimate of drug-likeness (QED) is 0.301. The van der Waals surface area contributed by atoms with Gasteiger partial charge in [0.15, 0.2) is 11.9 Å². The monoisotopic (exact) mass is 495 g/mol. The van der Waals surface area contributed by atoms with Gasteiger partial charge in [-0.25, -0.2) is 4.79 Å². The third-order valence-electron chi connectivity index (χ3n) is 4.69. The summed E-state index contributed by atoms with van der Waals surface area (Å²) >= 11 is 5.09. The summed E-state index contributed by atoms with van der Waals surface area (Å²) in [6.45, 7) is -0.549. The number of benzene rings is 3. The molecule has 0 bridgehead atoms. The van der Waals surface area contributed by atoms with Crippen molar-refractivity contribution >= 4 is 61.2 Å². The molecule has 6 nitrogen and oxygen atoms in total. The molecule has 8 heteroatoms. The Balaban J connectivity index is 1.65. The maximum atomic E-state index is 11.0. The molecule has 0 saturated carbocycles. The van der Waals surface area contributed by atoms with Crippen molar-refractivity contribution in [2.75, 3.05) is 11.9 Å². The molecule has 0 spiro atoms. The van der Waals surface area contributed by atoms with Crippen molar-refractivity contribution in [3.63, 3.8) is 0 Å². The van der Waals surface area contributed by atoms with Crippen LogP contribution in [0.3, 0.4) is 0 Å². The number of rotatable bonds is 7. The van der Waals surface area contributed by atoms with Crippen LogP contribution in [-0.4, -0.2) is 39.4 Å². The van der Waals surface area contributed by atoms with Crippen molar-refractivity contribution < 1.29 is 15.0 Å². The van der Waals surface area contributed by atoms with Gasteiger partial charge in [-0.3, -0.25) is 4.99 Å². The first-order chi connectivity index (χ1) is 15.1. The number of aliphatic imine (C=N–C) groups is 1. The molecular weight excluding hydrogens is 478 g/mol. The molecule has 4 rings (SSSR count). The van der Waals surface area contributed by atoms with E-state index in [1.54, 1.807) is 0 Å². The molecule has 0 radical (unpaired) electrons. The summed E-state index contributed by atoms with van der Waals surface area (Å²) in [6, 6.07) is 20.6. The van der Waals surface area contributed by atoms with Gasteiger partial charge in [0.25, 0.3) is 0 Å². The van der Waals surface area contributed by atoms with E-state index in [4.69, 9.17) is 10.2 Å². The van der Waals surface area contributed by atoms with E-state index in [0.29, 0.717) is 5.82 Å². The van der Waals surface area contributed by atoms with Crippen LogP contribution in [0.1, 0.15) is 5.56 Å². The molecule has 0 unspecified atom stereocenters. The second-order valence-corrected chi connectivity index (χ2v) is 8.36. The maximum absolute atomic E-state index is 11.0. The lowest BCUT2D eigenvalue weighted by Gasteiger charge is -2.11. The van der Waals surface area contributed by atoms with Crippen LogP contribution < -0.4 is 5.32 Å². The van der Waals surface area contributed by atoms with Gasteiger partial charge >= 0.3 is 5.97 Å². The highest BCUT2D eigenvalue weighted by Crippen LogP contribution is 2.37. The minimum Gasteiger partial charge on any atom is -0.480 e. The number of hydrogen-bond donors (Lipinski definition) is 3. The number of fused-ring (bicyclic) bond motifs is 1. The molecule has 156 valence electrons. The van der Waals surface area contributed by atoms with Crippen LogP contribution in [0.15, 0.2) is 76.2 Å². The number of aliphatic hydroxyl groups excluding tert-OH is 1. The number of halogens is 1. The Labute approximate surface area is 191 Å². The molecular formula is C23H18BrN3O3S. The minimum absolute atomic E-state index is 0.549. The number of aromatic nitrogens is 1. The SMILES string of the molecule is O=C(O)[C@H](CO)N=Cc1ccc2snc(Nc3cccc(-c4ccccc4)c3Br)c2c1. The van der Waals surface area contributed by atoms with E-state index in [0.717, 1.165) is 36.9 Å². The Kier molecular flexibility index (Phi) is 6.41. The van der Waals surface area contributed by atoms with Crippen molar-refractivity contribution in [3.8, 4) is 11.1 Å². The summed E-state index contributed by atoms with van der Waals surface area (Å²) < 4.78 is 6.48. The third-order valence-corrected chi connectivity index (χ3v) is 6.37. The fraction of sp³-hybridized carbons (Fsp3) is 0.0870. The molecule has 0 saturated heterocycles. The molecule has 31 heavy (non-hydrogen) atoms. The van der Waals surface area contributed by atoms with Crippen LogP contribution in [0.25, 0.3) is 21.2 Å². The average Bonchev–Trinajstić information content (AvgIpc) is 3.18. The highest BCUT2D eigenvalue weighted by atomic mass is 79.9. The predicted octanol–water partition coefficient (Wildman–Crippen LogP) is 5.33. The second kappa shape index (κ2) is 9.38. The van der Waals surface area contributed by atoms with Crippen molar-refractivity contribution in [1.82, 2.24) is 4.37 Å². The minimum atomic E-state index is -1.18. The van der Waals surface area contributed by atoms with E-state index in [9.17, 15) is 4.79 Å². The molecule has 3 aromatic carbocycles. The van der Waals surface area contributed by atoms with E-state index < -0.39 is 18.6 Å². The first kappa shape index (κ1) is 21.2. The van der Waals surface area contributed by atoms with Crippen LogP contribution in [0.2, 0.25) is 0 Å². The molecule has 0 amide bonds. The summed E-state index contributed by atoms with van der Waals surface area (Å²) in [5.74, 6) is -0.458. The smallest absolute Gasteiger partial charge is 0.330 e. The second-order valence-electron chi connectivity index (χ2n) is 6.76. The normalized spacial score (nSPS) is 12.3. The third kappa shape index (κ3) is 4.66. The lowest BCUT2D eigenvalue weighted by atomic mass is 10.1. The number of carboxylic acids is 1. The largest absolute Gasteiger partial charge is 0.480 e. The molecule has 0 aliphatic rings. The van der Waals surface area contributed by atoms with Gasteiger partial charge in [0.2, 0.25) is 0 Å². The lowest BCUT2D eigenvalue weighted by molar-refractivity contribution is -0.139. The van der Waals surface area contributed by atoms with Gasteiger partial charge in [0.1, 0.15) is 0 Å². The Morgan fingerprint density at radius 2 is 1.97 bits per heavy atom. The predicted molar refractivity (Wildman–Crippen MR) is 129 cm³/mol. The van der Waals surface area contributed by atoms with Crippen molar-refractivity contribution in [2.45, 2.75) is 6.04 Å². The van der Waals surface area contributed by atoms with E-state index in [1.165, 1.54) is 17.7 Å². The highest BCUT2D eigenvalue weighted by molar-refractivity contribution is 9.10. The summed E-state index contributed by atoms with van der Waals surface area (Å²) in [5, 5.41) is 22.5. The summed E-state index contributed by atoms with van der Waals surface area (Å²) in [5.41, 5.74) is 3.80. The maximum Gasteiger partial charge on any atom is 0.330 e. The van der Waals surface area contributed by atoms with Crippen LogP contribution in [0, 0.1) is 0 Å². The van der Waals surface area contributed by atoms with E-state index in [2.05, 4.69) is 48.8 Å². The van der Waals surface area contributed by atoms with E-state index >= 15 is 0 Å². The van der Waals surface area contributed by atoms with E-state index in [-0.39, 0.29) is 0 Å². The zero-order valence-electron chi connectivity index (χ0n) is 16.2. The molecule has 0 aliphatic carbocycles. The molecule has 1 atom stereocenters. The van der Waals surface area contributed by atoms with Crippen molar-refractivity contribution in [1.29, 1.82) is 0 Å². The van der Waals surface area contributed by atoms with Crippen LogP contribution in [-0.2, 0) is 4.79 Å². The lowest BCUT2D eigenvalue weighted by Crippen LogP contribution is -2.22. The molecule has 1 aromatic heterocycles. The number of aliphatic hydroxyl groups is 1. The van der Waals surface area contributed by atoms with Crippen molar-refractivity contribution in [2.24, 2.45) is 4.99 Å². The first-order valence-electron chi connectivity index (χ1n) is 9.44. The summed E-state index contributed by atoms with van der Waals surface area (Å²) in [4.78, 5) is 15.0. The Morgan fingerprint density at radius 1 is 1.16 bits per heavy atom. The molecule has 1 heterocycles. The van der Waals surface area contributed by atoms with Crippen LogP contribution >= 0.6 is 27.5 Å². The molecule has 3 N–H and O–H groups in total. The van der Waals surface area contributed by atoms with E-state index in [1.807, 2.05) is 48.5 Å². The number of anilines is 2. The zero-order chi connectivity index (χ0) is 21.8. The Bertz CT molecular complexity index is 1260. The van der Waals surface area contributed by atoms with Gasteiger partial charge in [-0.05, 0) is 62.4 Å². The number of nitrogens with one attached hydrogen (secondary N) is 1. The zero-order valence-corrected chi connectivity index (χ0v) is 18.6. The van der Waals surface area contributed by atoms with Gasteiger partial charge in [-0.2, -0.15) is 4.37 Å². The molecule has 0 fully saturated rings. The molecule has 0 aliphatic heterocycles. The fourth-order valence-corrected chi connectivity index (χ4v) is 4.40. The van der Waals surface area contributed by atoms with Gasteiger partial charge in [0, 0.05) is 16.1 Å². The van der Waals surface area contributed by atoms with Gasteiger partial charge in [0.05, 0.1) is 17.0 Å². The van der Waals surface area contributed by atoms with Crippen LogP contribution in [0.4, 0.5) is 11.5 Å². The number of carboxylic acid groups (broad SMARTS) is 1. The first-order valence-corrected chi connectivity index (χ1v) is 11.0. The highest BCUT2D eigenvalue weighted by Gasteiger charge is 2.14. The fourth-order valence-electron chi connectivity index (χ4n) is 3.09. The number of nitrogens with zero attached hydrogens (tertiary/aromatic N) is 2.